The van der Waals surface area contributed by atoms with Crippen LogP contribution in [0, 0.1) is 5.41 Å². The van der Waals surface area contributed by atoms with Crippen LogP contribution in [0.1, 0.15) is 19.3 Å². The molecule has 1 unspecified atom stereocenters. The molecule has 2 fully saturated rings. The second-order valence-corrected chi connectivity index (χ2v) is 4.26. The Morgan fingerprint density at radius 3 is 2.73 bits per heavy atom. The first-order valence-electron chi connectivity index (χ1n) is 5.25. The number of carbonyl (C=O) groups excluding carboxylic acids is 2. The highest BCUT2D eigenvalue weighted by Gasteiger charge is 2.56. The van der Waals surface area contributed by atoms with Crippen LogP contribution in [0.2, 0.25) is 0 Å². The Morgan fingerprint density at radius 2 is 2.20 bits per heavy atom. The zero-order valence-corrected chi connectivity index (χ0v) is 8.79. The van der Waals surface area contributed by atoms with Crippen LogP contribution in [0.4, 0.5) is 0 Å². The highest BCUT2D eigenvalue weighted by Crippen LogP contribution is 2.46. The first-order chi connectivity index (χ1) is 7.13. The van der Waals surface area contributed by atoms with Gasteiger partial charge in [-0.25, -0.2) is 0 Å². The summed E-state index contributed by atoms with van der Waals surface area (Å²) < 4.78 is 0. The molecule has 1 amide bonds. The molecule has 1 spiro atoms. The Balaban J connectivity index is 2.34. The van der Waals surface area contributed by atoms with Crippen molar-refractivity contribution in [3.05, 3.63) is 24.8 Å². The molecule has 0 radical (unpaired) electrons. The Morgan fingerprint density at radius 1 is 1.47 bits per heavy atom. The lowest BCUT2D eigenvalue weighted by atomic mass is 9.80. The van der Waals surface area contributed by atoms with E-state index in [9.17, 15) is 9.59 Å². The first kappa shape index (κ1) is 10.1. The number of Topliss-reactive ketones (excluding diaryl/α,β-unsaturated/α-hetero) is 1. The average Bonchev–Trinajstić information content (AvgIpc) is 2.68. The molecule has 1 saturated heterocycles. The van der Waals surface area contributed by atoms with Gasteiger partial charge in [-0.15, -0.1) is 6.58 Å². The molecule has 1 saturated carbocycles. The number of rotatable bonds is 2. The molecule has 0 aromatic rings. The van der Waals surface area contributed by atoms with Crippen molar-refractivity contribution < 1.29 is 9.59 Å². The Hall–Kier alpha value is -1.38. The molecule has 2 aliphatic rings. The maximum absolute atomic E-state index is 12.1. The minimum Gasteiger partial charge on any atom is -0.334 e. The Bertz CT molecular complexity index is 359. The van der Waals surface area contributed by atoms with Gasteiger partial charge in [0.15, 0.2) is 5.78 Å². The second-order valence-electron chi connectivity index (χ2n) is 4.26. The molecule has 0 aromatic carbocycles. The van der Waals surface area contributed by atoms with Crippen LogP contribution < -0.4 is 0 Å². The van der Waals surface area contributed by atoms with E-state index in [4.69, 9.17) is 0 Å². The second kappa shape index (κ2) is 3.33. The first-order valence-corrected chi connectivity index (χ1v) is 5.25. The van der Waals surface area contributed by atoms with Gasteiger partial charge in [-0.05, 0) is 18.4 Å². The molecule has 0 aromatic heterocycles. The van der Waals surface area contributed by atoms with E-state index in [2.05, 4.69) is 13.2 Å². The minimum absolute atomic E-state index is 0.0593. The highest BCUT2D eigenvalue weighted by molar-refractivity contribution is 6.12. The Kier molecular flexibility index (Phi) is 2.25. The molecule has 3 nitrogen and oxygen atoms in total. The van der Waals surface area contributed by atoms with Gasteiger partial charge in [-0.1, -0.05) is 12.7 Å². The topological polar surface area (TPSA) is 37.4 Å². The fourth-order valence-corrected chi connectivity index (χ4v) is 2.63. The van der Waals surface area contributed by atoms with Crippen LogP contribution in [0.3, 0.4) is 0 Å². The third-order valence-corrected chi connectivity index (χ3v) is 3.42. The summed E-state index contributed by atoms with van der Waals surface area (Å²) in [4.78, 5) is 25.6. The summed E-state index contributed by atoms with van der Waals surface area (Å²) in [5.74, 6) is -0.000961. The van der Waals surface area contributed by atoms with E-state index in [0.717, 1.165) is 12.0 Å². The van der Waals surface area contributed by atoms with E-state index in [1.807, 2.05) is 0 Å². The molecule has 1 aliphatic carbocycles. The number of hydrogen-bond donors (Lipinski definition) is 0. The summed E-state index contributed by atoms with van der Waals surface area (Å²) in [6.45, 7) is 8.53. The van der Waals surface area contributed by atoms with Crippen LogP contribution in [-0.4, -0.2) is 29.7 Å². The third-order valence-electron chi connectivity index (χ3n) is 3.42. The predicted molar refractivity (Wildman–Crippen MR) is 57.2 cm³/mol. The fourth-order valence-electron chi connectivity index (χ4n) is 2.63. The zero-order valence-electron chi connectivity index (χ0n) is 8.79. The van der Waals surface area contributed by atoms with E-state index in [1.165, 1.54) is 0 Å². The summed E-state index contributed by atoms with van der Waals surface area (Å²) in [5.41, 5.74) is -0.0833. The molecular weight excluding hydrogens is 190 g/mol. The van der Waals surface area contributed by atoms with Gasteiger partial charge >= 0.3 is 0 Å². The predicted octanol–water partition coefficient (Wildman–Crippen LogP) is 1.31. The Labute approximate surface area is 89.4 Å². The monoisotopic (exact) mass is 205 g/mol. The van der Waals surface area contributed by atoms with Crippen LogP contribution >= 0.6 is 0 Å². The van der Waals surface area contributed by atoms with Crippen molar-refractivity contribution in [2.24, 2.45) is 5.41 Å². The zero-order chi connectivity index (χ0) is 11.1. The van der Waals surface area contributed by atoms with Gasteiger partial charge in [-0.3, -0.25) is 9.59 Å². The molecule has 1 aliphatic heterocycles. The number of amides is 1. The van der Waals surface area contributed by atoms with Gasteiger partial charge < -0.3 is 4.90 Å². The number of likely N-dealkylation sites (tertiary alicyclic amines) is 1. The van der Waals surface area contributed by atoms with Crippen molar-refractivity contribution in [1.82, 2.24) is 4.90 Å². The summed E-state index contributed by atoms with van der Waals surface area (Å²) in [6, 6.07) is 0. The van der Waals surface area contributed by atoms with Crippen molar-refractivity contribution in [2.75, 3.05) is 13.1 Å². The lowest BCUT2D eigenvalue weighted by Gasteiger charge is -2.20. The number of ketones is 1. The lowest BCUT2D eigenvalue weighted by molar-refractivity contribution is -0.140. The average molecular weight is 205 g/mol. The summed E-state index contributed by atoms with van der Waals surface area (Å²) >= 11 is 0. The number of hydrogen-bond acceptors (Lipinski definition) is 2. The quantitative estimate of drug-likeness (QED) is 0.503. The van der Waals surface area contributed by atoms with Crippen molar-refractivity contribution in [2.45, 2.75) is 19.3 Å². The van der Waals surface area contributed by atoms with Crippen molar-refractivity contribution in [1.29, 1.82) is 0 Å². The molecule has 0 N–H and O–H groups in total. The number of carbonyl (C=O) groups is 2. The molecule has 2 rings (SSSR count). The van der Waals surface area contributed by atoms with E-state index in [-0.39, 0.29) is 11.7 Å². The summed E-state index contributed by atoms with van der Waals surface area (Å²) in [5, 5.41) is 0. The summed E-state index contributed by atoms with van der Waals surface area (Å²) in [6.07, 6.45) is 3.67. The highest BCUT2D eigenvalue weighted by atomic mass is 16.2. The molecule has 3 heteroatoms. The SMILES string of the molecule is C=CCN1CC(=C)C2(CCCC2=O)C1=O. The molecule has 1 heterocycles. The molecule has 80 valence electrons. The van der Waals surface area contributed by atoms with Gasteiger partial charge in [0.05, 0.1) is 0 Å². The van der Waals surface area contributed by atoms with Gasteiger partial charge in [0.1, 0.15) is 5.41 Å². The molecule has 1 atom stereocenters. The maximum atomic E-state index is 12.1. The van der Waals surface area contributed by atoms with Gasteiger partial charge in [0, 0.05) is 19.5 Å². The van der Waals surface area contributed by atoms with Crippen molar-refractivity contribution in [3.8, 4) is 0 Å². The fraction of sp³-hybridized carbons (Fsp3) is 0.500. The number of nitrogens with zero attached hydrogens (tertiary/aromatic N) is 1. The maximum Gasteiger partial charge on any atom is 0.241 e. The van der Waals surface area contributed by atoms with Crippen molar-refractivity contribution in [3.63, 3.8) is 0 Å². The van der Waals surface area contributed by atoms with E-state index >= 15 is 0 Å². The van der Waals surface area contributed by atoms with E-state index < -0.39 is 5.41 Å². The van der Waals surface area contributed by atoms with Crippen LogP contribution in [0.5, 0.6) is 0 Å². The molecular formula is C12H15NO2. The lowest BCUT2D eigenvalue weighted by Crippen LogP contribution is -2.37. The van der Waals surface area contributed by atoms with Crippen molar-refractivity contribution >= 4 is 11.7 Å². The van der Waals surface area contributed by atoms with E-state index in [1.54, 1.807) is 11.0 Å². The largest absolute Gasteiger partial charge is 0.334 e. The minimum atomic E-state index is -0.858. The van der Waals surface area contributed by atoms with E-state index in [0.29, 0.717) is 25.9 Å². The molecule has 15 heavy (non-hydrogen) atoms. The third kappa shape index (κ3) is 1.19. The standard InChI is InChI=1S/C12H15NO2/c1-3-7-13-8-9(2)12(11(13)15)6-4-5-10(12)14/h3H,1-2,4-8H2. The van der Waals surface area contributed by atoms with Gasteiger partial charge in [-0.2, -0.15) is 0 Å². The molecule has 0 bridgehead atoms. The smallest absolute Gasteiger partial charge is 0.241 e. The summed E-state index contributed by atoms with van der Waals surface area (Å²) in [7, 11) is 0. The van der Waals surface area contributed by atoms with Crippen LogP contribution in [0.25, 0.3) is 0 Å². The van der Waals surface area contributed by atoms with Gasteiger partial charge in [0.2, 0.25) is 5.91 Å². The van der Waals surface area contributed by atoms with Crippen LogP contribution in [0.15, 0.2) is 24.8 Å². The van der Waals surface area contributed by atoms with Crippen LogP contribution in [-0.2, 0) is 9.59 Å². The normalized spacial score (nSPS) is 30.7. The van der Waals surface area contributed by atoms with Gasteiger partial charge in [0.25, 0.3) is 0 Å².